The zero-order valence-corrected chi connectivity index (χ0v) is 9.76. The first-order valence-electron chi connectivity index (χ1n) is 3.97. The zero-order chi connectivity index (χ0) is 7.61. The summed E-state index contributed by atoms with van der Waals surface area (Å²) in [7, 11) is 6.31. The van der Waals surface area contributed by atoms with E-state index in [9.17, 15) is 0 Å². The fraction of sp³-hybridized carbons (Fsp3) is 0.875. The van der Waals surface area contributed by atoms with Gasteiger partial charge in [-0.25, -0.2) is 4.59 Å². The molecule has 0 amide bonds. The van der Waals surface area contributed by atoms with E-state index in [0.29, 0.717) is 0 Å². The number of quaternary nitrogens is 1. The number of halogens is 1. The normalized spacial score (nSPS) is 17.9. The summed E-state index contributed by atoms with van der Waals surface area (Å²) in [4.78, 5) is 0. The number of hydrogen-bond acceptors (Lipinski definition) is 1. The van der Waals surface area contributed by atoms with E-state index in [0.717, 1.165) is 4.59 Å². The molecule has 3 heteroatoms. The Balaban J connectivity index is 0.000001000. The van der Waals surface area contributed by atoms with Gasteiger partial charge in [0.05, 0.1) is 26.9 Å². The Hall–Kier alpha value is 0.360. The van der Waals surface area contributed by atoms with Gasteiger partial charge in [0.15, 0.2) is 0 Å². The summed E-state index contributed by atoms with van der Waals surface area (Å²) in [5.41, 5.74) is 1.41. The topological polar surface area (TPSA) is 12.4 Å². The molecule has 0 N–H and O–H groups in total. The Bertz CT molecular complexity index is 139. The molecule has 1 aliphatic carbocycles. The third kappa shape index (κ3) is 4.74. The summed E-state index contributed by atoms with van der Waals surface area (Å²) in [5, 5.41) is 4.56. The monoisotopic (exact) mass is 268 g/mol. The highest BCUT2D eigenvalue weighted by molar-refractivity contribution is 5.85. The average Bonchev–Trinajstić information content (AvgIpc) is 2.12. The van der Waals surface area contributed by atoms with Gasteiger partial charge >= 0.3 is 0 Å². The number of hydrogen-bond donors (Lipinski definition) is 0. The average molecular weight is 268 g/mol. The Morgan fingerprint density at radius 3 is 1.91 bits per heavy atom. The van der Waals surface area contributed by atoms with Crippen molar-refractivity contribution in [2.24, 2.45) is 5.10 Å². The van der Waals surface area contributed by atoms with Gasteiger partial charge in [0.1, 0.15) is 0 Å². The van der Waals surface area contributed by atoms with Gasteiger partial charge < -0.3 is 24.0 Å². The molecule has 0 unspecified atom stereocenters. The van der Waals surface area contributed by atoms with Crippen LogP contribution >= 0.6 is 0 Å². The van der Waals surface area contributed by atoms with Crippen LogP contribution < -0.4 is 24.0 Å². The Morgan fingerprint density at radius 1 is 1.09 bits per heavy atom. The summed E-state index contributed by atoms with van der Waals surface area (Å²) in [6.07, 6.45) is 5.16. The van der Waals surface area contributed by atoms with Crippen molar-refractivity contribution >= 4 is 5.71 Å². The molecular formula is C8H17IN2. The van der Waals surface area contributed by atoms with Crippen molar-refractivity contribution in [3.63, 3.8) is 0 Å². The van der Waals surface area contributed by atoms with Crippen molar-refractivity contribution in [3.8, 4) is 0 Å². The van der Waals surface area contributed by atoms with Gasteiger partial charge in [0.2, 0.25) is 0 Å². The van der Waals surface area contributed by atoms with Crippen LogP contribution in [0.3, 0.4) is 0 Å². The molecule has 0 heterocycles. The second kappa shape index (κ2) is 4.40. The molecule has 2 nitrogen and oxygen atoms in total. The zero-order valence-electron chi connectivity index (χ0n) is 7.60. The van der Waals surface area contributed by atoms with E-state index in [1.165, 1.54) is 31.4 Å². The SMILES string of the molecule is C[N+](C)(C)N=C1CCCC1.[I-]. The van der Waals surface area contributed by atoms with Gasteiger partial charge in [-0.3, -0.25) is 0 Å². The van der Waals surface area contributed by atoms with Crippen LogP contribution in [0.1, 0.15) is 25.7 Å². The molecule has 0 bridgehead atoms. The maximum atomic E-state index is 4.56. The second-order valence-electron chi connectivity index (χ2n) is 3.81. The molecule has 0 atom stereocenters. The van der Waals surface area contributed by atoms with E-state index in [4.69, 9.17) is 0 Å². The molecule has 0 aromatic carbocycles. The van der Waals surface area contributed by atoms with E-state index in [1.807, 2.05) is 0 Å². The summed E-state index contributed by atoms with van der Waals surface area (Å²) < 4.78 is 0.731. The molecule has 1 aliphatic rings. The molecule has 0 aromatic rings. The highest BCUT2D eigenvalue weighted by Gasteiger charge is 2.13. The maximum Gasteiger partial charge on any atom is 0.0923 e. The van der Waals surface area contributed by atoms with Gasteiger partial charge in [-0.05, 0) is 25.7 Å². The van der Waals surface area contributed by atoms with Gasteiger partial charge in [-0.1, -0.05) is 5.10 Å². The number of nitrogens with zero attached hydrogens (tertiary/aromatic N) is 2. The van der Waals surface area contributed by atoms with E-state index in [-0.39, 0.29) is 24.0 Å². The Kier molecular flexibility index (Phi) is 4.55. The minimum absolute atomic E-state index is 0. The summed E-state index contributed by atoms with van der Waals surface area (Å²) in [6.45, 7) is 0. The van der Waals surface area contributed by atoms with Crippen molar-refractivity contribution in [2.75, 3.05) is 21.1 Å². The van der Waals surface area contributed by atoms with E-state index in [1.54, 1.807) is 0 Å². The highest BCUT2D eigenvalue weighted by atomic mass is 127. The van der Waals surface area contributed by atoms with Crippen LogP contribution in [0.2, 0.25) is 0 Å². The van der Waals surface area contributed by atoms with Crippen LogP contribution in [0.25, 0.3) is 0 Å². The minimum Gasteiger partial charge on any atom is -1.00 e. The lowest BCUT2D eigenvalue weighted by atomic mass is 10.3. The van der Waals surface area contributed by atoms with E-state index < -0.39 is 0 Å². The van der Waals surface area contributed by atoms with E-state index in [2.05, 4.69) is 26.2 Å². The Labute approximate surface area is 86.3 Å². The van der Waals surface area contributed by atoms with Crippen LogP contribution in [0, 0.1) is 0 Å². The fourth-order valence-corrected chi connectivity index (χ4v) is 1.31. The molecule has 11 heavy (non-hydrogen) atoms. The predicted molar refractivity (Wildman–Crippen MR) is 43.9 cm³/mol. The first-order valence-corrected chi connectivity index (χ1v) is 3.97. The molecule has 1 fully saturated rings. The van der Waals surface area contributed by atoms with Crippen LogP contribution in [-0.4, -0.2) is 31.4 Å². The van der Waals surface area contributed by atoms with Gasteiger partial charge in [-0.15, -0.1) is 0 Å². The Morgan fingerprint density at radius 2 is 1.55 bits per heavy atom. The molecular weight excluding hydrogens is 251 g/mol. The van der Waals surface area contributed by atoms with Crippen LogP contribution in [0.5, 0.6) is 0 Å². The highest BCUT2D eigenvalue weighted by Crippen LogP contribution is 2.15. The molecule has 0 aliphatic heterocycles. The number of rotatable bonds is 1. The molecule has 0 aromatic heterocycles. The lowest BCUT2D eigenvalue weighted by Gasteiger charge is -2.15. The summed E-state index contributed by atoms with van der Waals surface area (Å²) >= 11 is 0. The van der Waals surface area contributed by atoms with E-state index >= 15 is 0 Å². The van der Waals surface area contributed by atoms with Gasteiger partial charge in [-0.2, -0.15) is 0 Å². The first-order chi connectivity index (χ1) is 4.58. The second-order valence-corrected chi connectivity index (χ2v) is 3.81. The van der Waals surface area contributed by atoms with Gasteiger partial charge in [0.25, 0.3) is 0 Å². The van der Waals surface area contributed by atoms with Crippen molar-refractivity contribution < 1.29 is 28.6 Å². The molecule has 0 saturated heterocycles. The molecule has 1 saturated carbocycles. The first kappa shape index (κ1) is 11.4. The maximum absolute atomic E-state index is 4.56. The van der Waals surface area contributed by atoms with Crippen molar-refractivity contribution in [3.05, 3.63) is 0 Å². The predicted octanol–water partition coefficient (Wildman–Crippen LogP) is -1.37. The lowest BCUT2D eigenvalue weighted by molar-refractivity contribution is -0.877. The summed E-state index contributed by atoms with van der Waals surface area (Å²) in [5.74, 6) is 0. The third-order valence-corrected chi connectivity index (χ3v) is 1.62. The quantitative estimate of drug-likeness (QED) is 0.316. The molecule has 66 valence electrons. The van der Waals surface area contributed by atoms with Crippen LogP contribution in [0.4, 0.5) is 0 Å². The third-order valence-electron chi connectivity index (χ3n) is 1.62. The summed E-state index contributed by atoms with van der Waals surface area (Å²) in [6, 6.07) is 0. The largest absolute Gasteiger partial charge is 1.00 e. The van der Waals surface area contributed by atoms with Crippen molar-refractivity contribution in [1.29, 1.82) is 0 Å². The molecule has 1 rings (SSSR count). The molecule has 0 radical (unpaired) electrons. The minimum atomic E-state index is 0. The fourth-order valence-electron chi connectivity index (χ4n) is 1.31. The lowest BCUT2D eigenvalue weighted by Crippen LogP contribution is -3.00. The van der Waals surface area contributed by atoms with Gasteiger partial charge in [0, 0.05) is 0 Å². The smallest absolute Gasteiger partial charge is 0.0923 e. The van der Waals surface area contributed by atoms with Crippen molar-refractivity contribution in [1.82, 2.24) is 0 Å². The van der Waals surface area contributed by atoms with Crippen LogP contribution in [-0.2, 0) is 0 Å². The standard InChI is InChI=1S/C8H17N2.HI/c1-10(2,3)9-8-6-4-5-7-8;/h4-7H2,1-3H3;1H/q+1;/p-1. The molecule has 0 spiro atoms. The van der Waals surface area contributed by atoms with Crippen LogP contribution in [0.15, 0.2) is 5.10 Å². The van der Waals surface area contributed by atoms with Crippen molar-refractivity contribution in [2.45, 2.75) is 25.7 Å².